The first-order valence-corrected chi connectivity index (χ1v) is 10.1. The SMILES string of the molecule is O=[N+]([O-])c1cc2c(N=NS(=O)(=O)c3ccccc3)c(O)[nH]c2c2c1CCCC2. The number of H-pyrrole nitrogens is 1. The molecule has 0 saturated heterocycles. The third-order valence-electron chi connectivity index (χ3n) is 4.84. The molecule has 1 aliphatic rings. The zero-order valence-electron chi connectivity index (χ0n) is 14.6. The topological polar surface area (TPSA) is 138 Å². The van der Waals surface area contributed by atoms with Crippen LogP contribution in [-0.4, -0.2) is 23.4 Å². The number of rotatable bonds is 4. The molecule has 0 unspecified atom stereocenters. The highest BCUT2D eigenvalue weighted by atomic mass is 32.2. The predicted octanol–water partition coefficient (Wildman–Crippen LogP) is 4.13. The van der Waals surface area contributed by atoms with Crippen LogP contribution >= 0.6 is 0 Å². The number of hydrogen-bond donors (Lipinski definition) is 2. The second-order valence-electron chi connectivity index (χ2n) is 6.53. The van der Waals surface area contributed by atoms with E-state index in [1.165, 1.54) is 18.2 Å². The standard InChI is InChI=1S/C18H16N4O5S/c23-18-17(20-21-28(26,27)11-6-2-1-3-7-11)14-10-15(22(24)25)12-8-4-5-9-13(12)16(14)19-18/h1-3,6-7,10,19,23H,4-5,8-9H2. The van der Waals surface area contributed by atoms with Crippen molar-refractivity contribution in [2.24, 2.45) is 9.63 Å². The lowest BCUT2D eigenvalue weighted by atomic mass is 9.88. The lowest BCUT2D eigenvalue weighted by Gasteiger charge is -2.16. The van der Waals surface area contributed by atoms with Gasteiger partial charge in [-0.25, -0.2) is 0 Å². The Balaban J connectivity index is 1.88. The smallest absolute Gasteiger partial charge is 0.299 e. The van der Waals surface area contributed by atoms with Crippen molar-refractivity contribution in [3.63, 3.8) is 0 Å². The van der Waals surface area contributed by atoms with E-state index in [2.05, 4.69) is 14.6 Å². The first-order valence-electron chi connectivity index (χ1n) is 8.65. The number of sulfonamides is 1. The van der Waals surface area contributed by atoms with E-state index < -0.39 is 14.9 Å². The van der Waals surface area contributed by atoms with Gasteiger partial charge in [-0.05, 0) is 43.4 Å². The third kappa shape index (κ3) is 3.01. The Kier molecular flexibility index (Phi) is 4.34. The summed E-state index contributed by atoms with van der Waals surface area (Å²) in [7, 11) is -4.07. The van der Waals surface area contributed by atoms with Crippen molar-refractivity contribution < 1.29 is 18.4 Å². The molecule has 0 atom stereocenters. The van der Waals surface area contributed by atoms with Crippen LogP contribution in [0.1, 0.15) is 24.0 Å². The second-order valence-corrected chi connectivity index (χ2v) is 8.12. The average Bonchev–Trinajstić information content (AvgIpc) is 3.01. The van der Waals surface area contributed by atoms with Crippen LogP contribution in [0.5, 0.6) is 5.88 Å². The number of nitro groups is 1. The van der Waals surface area contributed by atoms with E-state index in [9.17, 15) is 23.6 Å². The molecule has 0 spiro atoms. The van der Waals surface area contributed by atoms with Crippen molar-refractivity contribution in [2.45, 2.75) is 30.6 Å². The highest BCUT2D eigenvalue weighted by Gasteiger charge is 2.27. The van der Waals surface area contributed by atoms with Gasteiger partial charge in [-0.3, -0.25) is 10.1 Å². The zero-order chi connectivity index (χ0) is 19.9. The van der Waals surface area contributed by atoms with E-state index >= 15 is 0 Å². The molecule has 0 fully saturated rings. The Morgan fingerprint density at radius 2 is 1.79 bits per heavy atom. The van der Waals surface area contributed by atoms with Crippen molar-refractivity contribution in [3.8, 4) is 5.88 Å². The number of aromatic nitrogens is 1. The molecule has 2 N–H and O–H groups in total. The molecule has 0 saturated carbocycles. The van der Waals surface area contributed by atoms with Crippen molar-refractivity contribution in [2.75, 3.05) is 0 Å². The van der Waals surface area contributed by atoms with Crippen molar-refractivity contribution in [1.29, 1.82) is 0 Å². The minimum Gasteiger partial charge on any atom is -0.493 e. The first-order chi connectivity index (χ1) is 13.4. The molecule has 28 heavy (non-hydrogen) atoms. The van der Waals surface area contributed by atoms with Crippen LogP contribution in [0.4, 0.5) is 11.4 Å². The van der Waals surface area contributed by atoms with Crippen LogP contribution in [0.2, 0.25) is 0 Å². The largest absolute Gasteiger partial charge is 0.493 e. The minimum atomic E-state index is -4.07. The Labute approximate surface area is 159 Å². The molecule has 0 bridgehead atoms. The molecule has 9 nitrogen and oxygen atoms in total. The summed E-state index contributed by atoms with van der Waals surface area (Å²) in [5, 5.41) is 25.8. The van der Waals surface area contributed by atoms with Crippen LogP contribution in [0.3, 0.4) is 0 Å². The zero-order valence-corrected chi connectivity index (χ0v) is 15.4. The van der Waals surface area contributed by atoms with Gasteiger partial charge in [0.25, 0.3) is 15.7 Å². The van der Waals surface area contributed by atoms with Gasteiger partial charge in [-0.1, -0.05) is 22.7 Å². The van der Waals surface area contributed by atoms with Gasteiger partial charge < -0.3 is 10.1 Å². The molecule has 2 aromatic carbocycles. The molecule has 1 aliphatic carbocycles. The van der Waals surface area contributed by atoms with E-state index in [1.807, 2.05) is 0 Å². The summed E-state index contributed by atoms with van der Waals surface area (Å²) in [5.41, 5.74) is 1.75. The van der Waals surface area contributed by atoms with E-state index in [0.717, 1.165) is 18.4 Å². The highest BCUT2D eigenvalue weighted by molar-refractivity contribution is 7.90. The fourth-order valence-corrected chi connectivity index (χ4v) is 4.34. The molecular formula is C18H16N4O5S. The number of aryl methyl sites for hydroxylation is 1. The summed E-state index contributed by atoms with van der Waals surface area (Å²) >= 11 is 0. The van der Waals surface area contributed by atoms with Crippen LogP contribution in [0.15, 0.2) is 50.9 Å². The minimum absolute atomic E-state index is 0.0403. The van der Waals surface area contributed by atoms with Gasteiger partial charge in [0.1, 0.15) is 0 Å². The molecule has 1 heterocycles. The Hall–Kier alpha value is -3.27. The summed E-state index contributed by atoms with van der Waals surface area (Å²) in [6.07, 6.45) is 2.95. The van der Waals surface area contributed by atoms with Gasteiger partial charge in [0.2, 0.25) is 5.88 Å². The predicted molar refractivity (Wildman–Crippen MR) is 101 cm³/mol. The quantitative estimate of drug-likeness (QED) is 0.385. The maximum atomic E-state index is 12.3. The number of aromatic amines is 1. The lowest BCUT2D eigenvalue weighted by molar-refractivity contribution is -0.385. The van der Waals surface area contributed by atoms with E-state index in [4.69, 9.17) is 0 Å². The number of nitrogens with one attached hydrogen (secondary N) is 1. The summed E-state index contributed by atoms with van der Waals surface area (Å²) in [6, 6.07) is 8.86. The number of hydrogen-bond acceptors (Lipinski definition) is 6. The number of aromatic hydroxyl groups is 1. The van der Waals surface area contributed by atoms with Crippen molar-refractivity contribution >= 4 is 32.3 Å². The summed E-state index contributed by atoms with van der Waals surface area (Å²) in [4.78, 5) is 13.8. The molecule has 10 heteroatoms. The monoisotopic (exact) mass is 400 g/mol. The number of fused-ring (bicyclic) bond motifs is 3. The van der Waals surface area contributed by atoms with Crippen LogP contribution < -0.4 is 0 Å². The Morgan fingerprint density at radius 3 is 2.46 bits per heavy atom. The molecule has 1 aromatic heterocycles. The molecule has 0 aliphatic heterocycles. The van der Waals surface area contributed by atoms with Gasteiger partial charge in [0.05, 0.1) is 15.3 Å². The van der Waals surface area contributed by atoms with Crippen LogP contribution in [0, 0.1) is 10.1 Å². The highest BCUT2D eigenvalue weighted by Crippen LogP contribution is 2.43. The van der Waals surface area contributed by atoms with Gasteiger partial charge in [0, 0.05) is 17.0 Å². The molecule has 0 radical (unpaired) electrons. The number of nitrogens with zero attached hydrogens (tertiary/aromatic N) is 3. The van der Waals surface area contributed by atoms with E-state index in [-0.39, 0.29) is 27.5 Å². The third-order valence-corrected chi connectivity index (χ3v) is 6.00. The van der Waals surface area contributed by atoms with E-state index in [0.29, 0.717) is 23.9 Å². The molecule has 3 aromatic rings. The van der Waals surface area contributed by atoms with Crippen molar-refractivity contribution in [1.82, 2.24) is 4.98 Å². The molecule has 4 rings (SSSR count). The first kappa shape index (κ1) is 18.1. The maximum absolute atomic E-state index is 12.3. The fourth-order valence-electron chi connectivity index (χ4n) is 3.56. The molecule has 144 valence electrons. The summed E-state index contributed by atoms with van der Waals surface area (Å²) < 4.78 is 28.1. The maximum Gasteiger partial charge on any atom is 0.299 e. The average molecular weight is 400 g/mol. The number of benzene rings is 2. The molecule has 0 amide bonds. The second kappa shape index (κ2) is 6.71. The number of nitro benzene ring substituents is 1. The fraction of sp³-hybridized carbons (Fsp3) is 0.222. The van der Waals surface area contributed by atoms with Crippen molar-refractivity contribution in [3.05, 3.63) is 57.6 Å². The van der Waals surface area contributed by atoms with Gasteiger partial charge in [-0.2, -0.15) is 8.42 Å². The van der Waals surface area contributed by atoms with Gasteiger partial charge in [-0.15, -0.1) is 5.11 Å². The lowest BCUT2D eigenvalue weighted by Crippen LogP contribution is -2.07. The van der Waals surface area contributed by atoms with Gasteiger partial charge >= 0.3 is 0 Å². The Bertz CT molecular complexity index is 1220. The van der Waals surface area contributed by atoms with Gasteiger partial charge in [0.15, 0.2) is 5.69 Å². The Morgan fingerprint density at radius 1 is 1.11 bits per heavy atom. The van der Waals surface area contributed by atoms with Crippen LogP contribution in [-0.2, 0) is 22.9 Å². The summed E-state index contributed by atoms with van der Waals surface area (Å²) in [6.45, 7) is 0. The van der Waals surface area contributed by atoms with Crippen LogP contribution in [0.25, 0.3) is 10.9 Å². The van der Waals surface area contributed by atoms with E-state index in [1.54, 1.807) is 18.2 Å². The molecular weight excluding hydrogens is 384 g/mol. The normalized spacial score (nSPS) is 14.4. The summed E-state index contributed by atoms with van der Waals surface area (Å²) in [5.74, 6) is -0.379.